The van der Waals surface area contributed by atoms with Crippen molar-refractivity contribution in [3.8, 4) is 5.88 Å². The minimum atomic E-state index is -4.69. The zero-order valence-electron chi connectivity index (χ0n) is 30.4. The molecule has 2 fully saturated rings. The third-order valence-corrected chi connectivity index (χ3v) is 11.6. The summed E-state index contributed by atoms with van der Waals surface area (Å²) in [5.41, 5.74) is -3.34. The number of nitrogens with zero attached hydrogens (tertiary/aromatic N) is 4. The number of carboxylic acids is 1. The van der Waals surface area contributed by atoms with Crippen molar-refractivity contribution < 1.29 is 47.1 Å². The Kier molecular flexibility index (Phi) is 10.8. The Morgan fingerprint density at radius 1 is 1.09 bits per heavy atom. The minimum Gasteiger partial charge on any atom is -0.479 e. The van der Waals surface area contributed by atoms with Crippen LogP contribution in [-0.4, -0.2) is 105 Å². The molecule has 0 spiro atoms. The molecule has 3 amide bonds. The molecule has 6 rings (SSSR count). The molecule has 2 aliphatic heterocycles. The highest BCUT2D eigenvalue weighted by Gasteiger charge is 2.61. The third kappa shape index (κ3) is 8.39. The van der Waals surface area contributed by atoms with E-state index >= 15 is 0 Å². The Morgan fingerprint density at radius 2 is 1.82 bits per heavy atom. The fourth-order valence-corrected chi connectivity index (χ4v) is 8.60. The minimum absolute atomic E-state index is 0.0894. The molecule has 3 N–H and O–H groups in total. The Hall–Kier alpha value is -5.62. The average molecular weight is 779 g/mol. The van der Waals surface area contributed by atoms with Crippen molar-refractivity contribution in [2.75, 3.05) is 19.6 Å². The third-order valence-electron chi connectivity index (χ3n) is 9.71. The predicted octanol–water partition coefficient (Wildman–Crippen LogP) is 3.39. The first kappa shape index (κ1) is 39.1. The van der Waals surface area contributed by atoms with E-state index in [0.717, 1.165) is 26.7 Å². The molecule has 3 heterocycles. The van der Waals surface area contributed by atoms with Crippen molar-refractivity contribution in [2.45, 2.75) is 80.7 Å². The number of benzene rings is 2. The molecule has 0 bridgehead atoms. The average Bonchev–Trinajstić information content (AvgIpc) is 3.66. The van der Waals surface area contributed by atoms with E-state index in [9.17, 15) is 42.8 Å². The zero-order chi connectivity index (χ0) is 39.7. The van der Waals surface area contributed by atoms with Crippen LogP contribution in [0.4, 0.5) is 10.5 Å². The smallest absolute Gasteiger partial charge is 0.408 e. The molecule has 55 heavy (non-hydrogen) atoms. The molecule has 1 aliphatic carbocycles. The topological polar surface area (TPSA) is 228 Å². The number of alkyl carbamates (subject to hydrolysis) is 1. The van der Waals surface area contributed by atoms with Gasteiger partial charge in [0.05, 0.1) is 11.5 Å². The van der Waals surface area contributed by atoms with Crippen LogP contribution in [-0.2, 0) is 29.1 Å². The lowest BCUT2D eigenvalue weighted by atomic mass is 10.1. The lowest BCUT2D eigenvalue weighted by Crippen LogP contribution is -2.59. The molecule has 0 unspecified atom stereocenters. The first-order valence-corrected chi connectivity index (χ1v) is 19.2. The number of rotatable bonds is 7. The summed E-state index contributed by atoms with van der Waals surface area (Å²) in [7, 11) is -4.69. The standard InChI is InChI=1S/C37H42N6O11S/c1-36(2,3)54-35(48)39-27-22-41(55(51,52)30-15-9-8-14-28(30)43(49)50)18-10-4-5-12-24-20-37(24,34(46)47)40-31(44)29-19-25(21-42(29)33(27)45)53-32-26-13-7-6-11-23(26)16-17-38-32/h5-9,11-17,24-25,27,29H,4,10,18-22H2,1-3H3,(H,39,48)(H,40,44)(H,46,47)/t24-,25-,27+,29+,37-/m1/s1. The lowest BCUT2D eigenvalue weighted by molar-refractivity contribution is -0.387. The lowest BCUT2D eigenvalue weighted by Gasteiger charge is -2.32. The molecular formula is C37H42N6O11S. The van der Waals surface area contributed by atoms with Crippen molar-refractivity contribution in [1.29, 1.82) is 0 Å². The number of ether oxygens (including phenoxy) is 2. The molecule has 17 nitrogen and oxygen atoms in total. The molecule has 5 atom stereocenters. The number of carboxylic acid groups (broad SMARTS) is 1. The van der Waals surface area contributed by atoms with E-state index < -0.39 is 91.2 Å². The number of nitro groups is 1. The molecule has 2 aromatic carbocycles. The summed E-state index contributed by atoms with van der Waals surface area (Å²) in [6.45, 7) is 3.62. The van der Waals surface area contributed by atoms with E-state index in [2.05, 4.69) is 15.6 Å². The van der Waals surface area contributed by atoms with Gasteiger partial charge in [0.15, 0.2) is 4.90 Å². The normalized spacial score (nSPS) is 25.1. The van der Waals surface area contributed by atoms with Crippen molar-refractivity contribution in [3.63, 3.8) is 0 Å². The highest BCUT2D eigenvalue weighted by Crippen LogP contribution is 2.45. The summed E-state index contributed by atoms with van der Waals surface area (Å²) >= 11 is 0. The summed E-state index contributed by atoms with van der Waals surface area (Å²) in [5, 5.41) is 28.8. The van der Waals surface area contributed by atoms with Crippen molar-refractivity contribution in [1.82, 2.24) is 24.8 Å². The molecule has 292 valence electrons. The van der Waals surface area contributed by atoms with Crippen LogP contribution in [0, 0.1) is 16.0 Å². The van der Waals surface area contributed by atoms with Gasteiger partial charge in [0, 0.05) is 43.1 Å². The SMILES string of the molecule is CC(C)(C)OC(=O)N[C@H]1CN(S(=O)(=O)c2ccccc2[N+](=O)[O-])CCCC=C[C@@H]2C[C@@]2(C(=O)O)NC(=O)[C@@H]2C[C@@H](Oc3nccc4ccccc34)CN2C1=O. The number of nitrogens with one attached hydrogen (secondary N) is 2. The zero-order valence-corrected chi connectivity index (χ0v) is 31.2. The molecule has 18 heteroatoms. The number of nitro benzene ring substituents is 1. The van der Waals surface area contributed by atoms with E-state index in [-0.39, 0.29) is 44.7 Å². The number of amides is 3. The first-order valence-electron chi connectivity index (χ1n) is 17.8. The molecule has 0 radical (unpaired) electrons. The van der Waals surface area contributed by atoms with E-state index in [1.165, 1.54) is 12.1 Å². The monoisotopic (exact) mass is 778 g/mol. The van der Waals surface area contributed by atoms with Crippen LogP contribution in [0.5, 0.6) is 5.88 Å². The van der Waals surface area contributed by atoms with Gasteiger partial charge in [-0.1, -0.05) is 42.5 Å². The summed E-state index contributed by atoms with van der Waals surface area (Å²) in [4.78, 5) is 70.7. The quantitative estimate of drug-likeness (QED) is 0.178. The van der Waals surface area contributed by atoms with Gasteiger partial charge in [-0.05, 0) is 63.6 Å². The van der Waals surface area contributed by atoms with Crippen LogP contribution >= 0.6 is 0 Å². The number of aliphatic carboxylic acids is 1. The molecule has 3 aliphatic rings. The first-order chi connectivity index (χ1) is 26.0. The molecule has 3 aromatic rings. The fraction of sp³-hybridized carbons (Fsp3) is 0.432. The van der Waals surface area contributed by atoms with Gasteiger partial charge in [-0.3, -0.25) is 19.7 Å². The molecule has 1 saturated heterocycles. The maximum atomic E-state index is 14.8. The van der Waals surface area contributed by atoms with Gasteiger partial charge in [0.25, 0.3) is 5.69 Å². The number of hydrogen-bond acceptors (Lipinski definition) is 11. The number of fused-ring (bicyclic) bond motifs is 3. The van der Waals surface area contributed by atoms with Gasteiger partial charge in [-0.25, -0.2) is 23.0 Å². The fourth-order valence-electron chi connectivity index (χ4n) is 6.95. The van der Waals surface area contributed by atoms with Gasteiger partial charge in [-0.15, -0.1) is 0 Å². The Balaban J connectivity index is 1.42. The second kappa shape index (κ2) is 15.3. The van der Waals surface area contributed by atoms with E-state index in [1.54, 1.807) is 57.3 Å². The number of hydrogen-bond donors (Lipinski definition) is 3. The Labute approximate surface area is 316 Å². The van der Waals surface area contributed by atoms with Gasteiger partial charge < -0.3 is 30.1 Å². The number of para-hydroxylation sites is 1. The maximum Gasteiger partial charge on any atom is 0.408 e. The number of sulfonamides is 1. The highest BCUT2D eigenvalue weighted by atomic mass is 32.2. The summed E-state index contributed by atoms with van der Waals surface area (Å²) in [6.07, 6.45) is 3.38. The largest absolute Gasteiger partial charge is 0.479 e. The van der Waals surface area contributed by atoms with Crippen LogP contribution < -0.4 is 15.4 Å². The van der Waals surface area contributed by atoms with Crippen LogP contribution in [0.3, 0.4) is 0 Å². The van der Waals surface area contributed by atoms with Gasteiger partial charge in [0.1, 0.15) is 29.3 Å². The molecular weight excluding hydrogens is 737 g/mol. The Morgan fingerprint density at radius 3 is 2.55 bits per heavy atom. The van der Waals surface area contributed by atoms with Crippen molar-refractivity contribution >= 4 is 50.4 Å². The maximum absolute atomic E-state index is 14.8. The van der Waals surface area contributed by atoms with E-state index in [4.69, 9.17) is 9.47 Å². The van der Waals surface area contributed by atoms with Crippen molar-refractivity contribution in [3.05, 3.63) is 83.1 Å². The number of carbonyl (C=O) groups excluding carboxylic acids is 3. The number of allylic oxidation sites excluding steroid dienone is 1. The van der Waals surface area contributed by atoms with Crippen LogP contribution in [0.25, 0.3) is 10.8 Å². The van der Waals surface area contributed by atoms with Gasteiger partial charge in [-0.2, -0.15) is 4.31 Å². The number of pyridine rings is 1. The number of aromatic nitrogens is 1. The highest BCUT2D eigenvalue weighted by molar-refractivity contribution is 7.89. The molecule has 1 aromatic heterocycles. The summed E-state index contributed by atoms with van der Waals surface area (Å²) in [6, 6.07) is 10.9. The molecule has 1 saturated carbocycles. The second-order valence-corrected chi connectivity index (χ2v) is 16.7. The van der Waals surface area contributed by atoms with Crippen molar-refractivity contribution in [2.24, 2.45) is 5.92 Å². The van der Waals surface area contributed by atoms with Crippen LogP contribution in [0.1, 0.15) is 46.5 Å². The number of carbonyl (C=O) groups is 4. The predicted molar refractivity (Wildman–Crippen MR) is 196 cm³/mol. The van der Waals surface area contributed by atoms with E-state index in [0.29, 0.717) is 5.39 Å². The van der Waals surface area contributed by atoms with E-state index in [1.807, 2.05) is 12.1 Å². The van der Waals surface area contributed by atoms with Crippen LogP contribution in [0.2, 0.25) is 0 Å². The van der Waals surface area contributed by atoms with Gasteiger partial charge in [0.2, 0.25) is 27.7 Å². The van der Waals surface area contributed by atoms with Gasteiger partial charge >= 0.3 is 12.1 Å². The summed E-state index contributed by atoms with van der Waals surface area (Å²) < 4.78 is 41.2. The Bertz CT molecular complexity index is 2150. The van der Waals surface area contributed by atoms with Crippen LogP contribution in [0.15, 0.2) is 77.8 Å². The summed E-state index contributed by atoms with van der Waals surface area (Å²) in [5.74, 6) is -3.27. The second-order valence-electron chi connectivity index (χ2n) is 14.8.